The quantitative estimate of drug-likeness (QED) is 0.637. The van der Waals surface area contributed by atoms with Gasteiger partial charge in [0, 0.05) is 17.9 Å². The molecule has 0 amide bonds. The van der Waals surface area contributed by atoms with Gasteiger partial charge in [-0.2, -0.15) is 0 Å². The van der Waals surface area contributed by atoms with E-state index < -0.39 is 0 Å². The molecule has 3 nitrogen and oxygen atoms in total. The summed E-state index contributed by atoms with van der Waals surface area (Å²) in [5.41, 5.74) is 4.40. The molecule has 0 N–H and O–H groups in total. The highest BCUT2D eigenvalue weighted by Crippen LogP contribution is 2.59. The van der Waals surface area contributed by atoms with Crippen molar-refractivity contribution in [3.63, 3.8) is 0 Å². The molecule has 0 radical (unpaired) electrons. The molecule has 2 atom stereocenters. The van der Waals surface area contributed by atoms with Gasteiger partial charge in [0.2, 0.25) is 0 Å². The first-order valence-corrected chi connectivity index (χ1v) is 11.3. The second-order valence-electron chi connectivity index (χ2n) is 9.18. The van der Waals surface area contributed by atoms with E-state index >= 15 is 0 Å². The number of likely N-dealkylation sites (tertiary alicyclic amines) is 1. The van der Waals surface area contributed by atoms with Gasteiger partial charge in [0.25, 0.3) is 0 Å². The van der Waals surface area contributed by atoms with E-state index in [1.165, 1.54) is 62.0 Å². The minimum absolute atomic E-state index is 0.202. The molecule has 4 aliphatic rings. The van der Waals surface area contributed by atoms with Crippen LogP contribution in [-0.4, -0.2) is 36.3 Å². The lowest BCUT2D eigenvalue weighted by molar-refractivity contribution is -0.00260. The zero-order valence-corrected chi connectivity index (χ0v) is 17.5. The molecule has 0 aromatic heterocycles. The molecule has 6 rings (SSSR count). The Kier molecular flexibility index (Phi) is 5.17. The van der Waals surface area contributed by atoms with Crippen molar-refractivity contribution in [2.24, 2.45) is 11.1 Å². The first-order valence-electron chi connectivity index (χ1n) is 11.3. The highest BCUT2D eigenvalue weighted by atomic mass is 16.6. The summed E-state index contributed by atoms with van der Waals surface area (Å²) >= 11 is 0. The molecule has 1 heterocycles. The molecule has 2 aromatic carbocycles. The summed E-state index contributed by atoms with van der Waals surface area (Å²) in [5, 5.41) is 4.65. The number of hydrogen-bond donors (Lipinski definition) is 0. The Bertz CT molecular complexity index is 792. The van der Waals surface area contributed by atoms with Crippen LogP contribution >= 0.6 is 0 Å². The van der Waals surface area contributed by atoms with Crippen molar-refractivity contribution < 1.29 is 4.84 Å². The largest absolute Gasteiger partial charge is 0.399 e. The van der Waals surface area contributed by atoms with Gasteiger partial charge in [-0.15, -0.1) is 0 Å². The van der Waals surface area contributed by atoms with Crippen LogP contribution in [-0.2, 0) is 4.84 Å². The lowest BCUT2D eigenvalue weighted by Gasteiger charge is -2.60. The SMILES string of the molecule is CO/N=C1\CC2(N3CCCCC3)C[C@@H](c3ccccc3)C1[C@H](c1ccccc1)C2. The Morgan fingerprint density at radius 1 is 0.828 bits per heavy atom. The summed E-state index contributed by atoms with van der Waals surface area (Å²) in [5.74, 6) is 1.42. The topological polar surface area (TPSA) is 24.8 Å². The number of oxime groups is 1. The molecular weight excluding hydrogens is 356 g/mol. The number of fused-ring (bicyclic) bond motifs is 3. The average molecular weight is 389 g/mol. The lowest BCUT2D eigenvalue weighted by atomic mass is 9.52. The molecule has 29 heavy (non-hydrogen) atoms. The van der Waals surface area contributed by atoms with Crippen LogP contribution in [0.3, 0.4) is 0 Å². The third-order valence-electron chi connectivity index (χ3n) is 7.65. The van der Waals surface area contributed by atoms with Gasteiger partial charge < -0.3 is 4.84 Å². The van der Waals surface area contributed by atoms with Gasteiger partial charge in [-0.1, -0.05) is 72.2 Å². The van der Waals surface area contributed by atoms with Crippen molar-refractivity contribution in [1.29, 1.82) is 0 Å². The average Bonchev–Trinajstić information content (AvgIpc) is 2.81. The first kappa shape index (κ1) is 18.9. The first-order chi connectivity index (χ1) is 14.3. The number of nitrogens with zero attached hydrogens (tertiary/aromatic N) is 2. The van der Waals surface area contributed by atoms with Crippen LogP contribution in [0.2, 0.25) is 0 Å². The zero-order chi connectivity index (χ0) is 19.7. The smallest absolute Gasteiger partial charge is 0.106 e. The normalized spacial score (nSPS) is 33.7. The van der Waals surface area contributed by atoms with Crippen molar-refractivity contribution in [3.8, 4) is 0 Å². The Morgan fingerprint density at radius 3 is 1.90 bits per heavy atom. The summed E-state index contributed by atoms with van der Waals surface area (Å²) in [7, 11) is 1.71. The van der Waals surface area contributed by atoms with E-state index in [2.05, 4.69) is 70.7 Å². The molecule has 1 aliphatic heterocycles. The van der Waals surface area contributed by atoms with E-state index in [1.807, 2.05) is 0 Å². The molecule has 3 aliphatic carbocycles. The molecule has 2 bridgehead atoms. The Balaban J connectivity index is 1.63. The minimum atomic E-state index is 0.202. The molecule has 0 spiro atoms. The van der Waals surface area contributed by atoms with E-state index in [1.54, 1.807) is 7.11 Å². The van der Waals surface area contributed by atoms with Gasteiger partial charge in [-0.05, 0) is 61.7 Å². The number of benzene rings is 2. The monoisotopic (exact) mass is 388 g/mol. The van der Waals surface area contributed by atoms with Crippen molar-refractivity contribution >= 4 is 5.71 Å². The van der Waals surface area contributed by atoms with E-state index in [0.717, 1.165) is 6.42 Å². The van der Waals surface area contributed by atoms with Crippen LogP contribution in [0.25, 0.3) is 0 Å². The van der Waals surface area contributed by atoms with E-state index in [9.17, 15) is 0 Å². The van der Waals surface area contributed by atoms with Crippen molar-refractivity contribution in [2.75, 3.05) is 20.2 Å². The fourth-order valence-electron chi connectivity index (χ4n) is 6.50. The lowest BCUT2D eigenvalue weighted by Crippen LogP contribution is -2.62. The van der Waals surface area contributed by atoms with Gasteiger partial charge in [0.1, 0.15) is 7.11 Å². The van der Waals surface area contributed by atoms with E-state index in [4.69, 9.17) is 4.84 Å². The third-order valence-corrected chi connectivity index (χ3v) is 7.65. The van der Waals surface area contributed by atoms with Crippen LogP contribution in [0.4, 0.5) is 0 Å². The standard InChI is InChI=1S/C26H32N2O/c1-29-27-24-19-26(28-15-9-4-10-16-28)17-22(20-11-5-2-6-12-20)25(24)23(18-26)21-13-7-3-8-14-21/h2-3,5-8,11-14,22-23,25H,4,9-10,15-19H2,1H3/b27-24+/t22-,23-,25?,26?/m0/s1. The van der Waals surface area contributed by atoms with Gasteiger partial charge in [0.05, 0.1) is 5.71 Å². The number of piperidine rings is 1. The molecule has 2 aromatic rings. The molecule has 0 unspecified atom stereocenters. The molecule has 3 heteroatoms. The van der Waals surface area contributed by atoms with E-state index in [0.29, 0.717) is 17.8 Å². The zero-order valence-electron chi connectivity index (χ0n) is 17.5. The van der Waals surface area contributed by atoms with Gasteiger partial charge >= 0.3 is 0 Å². The van der Waals surface area contributed by atoms with Gasteiger partial charge in [0.15, 0.2) is 0 Å². The van der Waals surface area contributed by atoms with Gasteiger partial charge in [-0.25, -0.2) is 0 Å². The number of hydrogen-bond acceptors (Lipinski definition) is 3. The minimum Gasteiger partial charge on any atom is -0.399 e. The summed E-state index contributed by atoms with van der Waals surface area (Å²) in [6.07, 6.45) is 7.58. The second kappa shape index (κ2) is 7.95. The fraction of sp³-hybridized carbons (Fsp3) is 0.500. The van der Waals surface area contributed by atoms with E-state index in [-0.39, 0.29) is 5.54 Å². The summed E-state index contributed by atoms with van der Waals surface area (Å²) in [6.45, 7) is 2.46. The highest BCUT2D eigenvalue weighted by Gasteiger charge is 2.57. The van der Waals surface area contributed by atoms with Crippen LogP contribution in [0.15, 0.2) is 65.8 Å². The van der Waals surface area contributed by atoms with Crippen LogP contribution in [0.5, 0.6) is 0 Å². The molecule has 3 saturated carbocycles. The highest BCUT2D eigenvalue weighted by molar-refractivity contribution is 5.91. The molecule has 4 fully saturated rings. The maximum Gasteiger partial charge on any atom is 0.106 e. The molecule has 1 saturated heterocycles. The van der Waals surface area contributed by atoms with Crippen LogP contribution in [0, 0.1) is 5.92 Å². The predicted octanol–water partition coefficient (Wildman–Crippen LogP) is 5.59. The molecular formula is C26H32N2O. The van der Waals surface area contributed by atoms with Gasteiger partial charge in [-0.3, -0.25) is 4.90 Å². The maximum absolute atomic E-state index is 5.40. The van der Waals surface area contributed by atoms with Crippen molar-refractivity contribution in [1.82, 2.24) is 4.90 Å². The van der Waals surface area contributed by atoms with Crippen LogP contribution in [0.1, 0.15) is 61.5 Å². The molecule has 152 valence electrons. The predicted molar refractivity (Wildman–Crippen MR) is 118 cm³/mol. The Hall–Kier alpha value is -2.13. The summed E-state index contributed by atoms with van der Waals surface area (Å²) < 4.78 is 0. The number of rotatable bonds is 4. The van der Waals surface area contributed by atoms with Crippen LogP contribution < -0.4 is 0 Å². The second-order valence-corrected chi connectivity index (χ2v) is 9.18. The van der Waals surface area contributed by atoms with Crippen molar-refractivity contribution in [3.05, 3.63) is 71.8 Å². The third kappa shape index (κ3) is 3.40. The Morgan fingerprint density at radius 2 is 1.38 bits per heavy atom. The van der Waals surface area contributed by atoms with Crippen molar-refractivity contribution in [2.45, 2.75) is 55.9 Å². The Labute approximate surface area is 174 Å². The summed E-state index contributed by atoms with van der Waals surface area (Å²) in [4.78, 5) is 8.23. The fourth-order valence-corrected chi connectivity index (χ4v) is 6.50. The maximum atomic E-state index is 5.40. The summed E-state index contributed by atoms with van der Waals surface area (Å²) in [6, 6.07) is 22.3.